The molecule has 1 aliphatic heterocycles. The molecule has 0 fully saturated rings. The minimum atomic E-state index is -0.700. The Hall–Kier alpha value is -2.90. The van der Waals surface area contributed by atoms with Crippen molar-refractivity contribution < 1.29 is 18.4 Å². The van der Waals surface area contributed by atoms with Gasteiger partial charge in [-0.3, -0.25) is 4.79 Å². The van der Waals surface area contributed by atoms with Crippen LogP contribution in [0.3, 0.4) is 0 Å². The maximum absolute atomic E-state index is 14.6. The molecule has 8 heteroatoms. The highest BCUT2D eigenvalue weighted by molar-refractivity contribution is 5.84. The Morgan fingerprint density at radius 1 is 1.18 bits per heavy atom. The van der Waals surface area contributed by atoms with Crippen molar-refractivity contribution in [2.75, 3.05) is 33.7 Å². The number of aromatic nitrogens is 1. The number of hydrogen-bond donors (Lipinski definition) is 0. The number of carbonyl (C=O) groups excluding carboxylic acids is 2. The molecule has 0 spiro atoms. The third-order valence-corrected chi connectivity index (χ3v) is 4.98. The maximum atomic E-state index is 14.6. The van der Waals surface area contributed by atoms with Crippen molar-refractivity contribution in [2.24, 2.45) is 0 Å². The maximum Gasteiger partial charge on any atom is 0.319 e. The summed E-state index contributed by atoms with van der Waals surface area (Å²) in [7, 11) is 3.25. The quantitative estimate of drug-likeness (QED) is 0.806. The number of urea groups is 1. The summed E-state index contributed by atoms with van der Waals surface area (Å²) < 4.78 is 29.9. The average Bonchev–Trinajstić information content (AvgIpc) is 3.13. The lowest BCUT2D eigenvalue weighted by Gasteiger charge is -2.38. The highest BCUT2D eigenvalue weighted by Gasteiger charge is 2.34. The van der Waals surface area contributed by atoms with Crippen LogP contribution >= 0.6 is 0 Å². The first-order chi connectivity index (χ1) is 13.3. The number of hydrogen-bond acceptors (Lipinski definition) is 2. The third kappa shape index (κ3) is 3.72. The molecule has 150 valence electrons. The molecule has 1 aromatic heterocycles. The van der Waals surface area contributed by atoms with Gasteiger partial charge in [0.25, 0.3) is 0 Å². The Labute approximate surface area is 162 Å². The van der Waals surface area contributed by atoms with Crippen LogP contribution in [0.4, 0.5) is 13.6 Å². The van der Waals surface area contributed by atoms with Gasteiger partial charge in [-0.25, -0.2) is 13.6 Å². The molecule has 0 N–H and O–H groups in total. The van der Waals surface area contributed by atoms with Crippen LogP contribution in [0.1, 0.15) is 24.2 Å². The highest BCUT2D eigenvalue weighted by atomic mass is 19.1. The van der Waals surface area contributed by atoms with Crippen molar-refractivity contribution in [1.29, 1.82) is 0 Å². The molecule has 1 aliphatic rings. The molecule has 0 saturated carbocycles. The van der Waals surface area contributed by atoms with E-state index < -0.39 is 17.7 Å². The van der Waals surface area contributed by atoms with Gasteiger partial charge in [-0.15, -0.1) is 0 Å². The number of fused-ring (bicyclic) bond motifs is 1. The van der Waals surface area contributed by atoms with Crippen LogP contribution in [-0.2, 0) is 11.3 Å². The fourth-order valence-electron chi connectivity index (χ4n) is 3.55. The molecule has 0 aliphatic carbocycles. The fraction of sp³-hybridized carbons (Fsp3) is 0.400. The van der Waals surface area contributed by atoms with Gasteiger partial charge in [-0.05, 0) is 25.1 Å². The largest absolute Gasteiger partial charge is 0.348 e. The molecule has 2 heterocycles. The minimum Gasteiger partial charge on any atom is -0.348 e. The second-order valence-corrected chi connectivity index (χ2v) is 6.97. The van der Waals surface area contributed by atoms with Crippen molar-refractivity contribution in [2.45, 2.75) is 19.5 Å². The van der Waals surface area contributed by atoms with Crippen molar-refractivity contribution >= 4 is 11.9 Å². The van der Waals surface area contributed by atoms with Crippen LogP contribution in [0.25, 0.3) is 0 Å². The Kier molecular flexibility index (Phi) is 5.67. The van der Waals surface area contributed by atoms with Gasteiger partial charge >= 0.3 is 6.03 Å². The van der Waals surface area contributed by atoms with Gasteiger partial charge in [0.2, 0.25) is 5.91 Å². The first-order valence-corrected chi connectivity index (χ1v) is 9.19. The Morgan fingerprint density at radius 2 is 1.93 bits per heavy atom. The van der Waals surface area contributed by atoms with Gasteiger partial charge in [-0.2, -0.15) is 0 Å². The fourth-order valence-corrected chi connectivity index (χ4v) is 3.55. The van der Waals surface area contributed by atoms with Gasteiger partial charge in [-0.1, -0.05) is 6.07 Å². The molecular weight excluding hydrogens is 366 g/mol. The molecule has 28 heavy (non-hydrogen) atoms. The Balaban J connectivity index is 1.94. The number of nitrogens with zero attached hydrogens (tertiary/aromatic N) is 4. The number of amides is 3. The van der Waals surface area contributed by atoms with Crippen LogP contribution in [0.2, 0.25) is 0 Å². The SMILES string of the molecule is CCN(CC(=O)N1CCn2cccc2C1c1ccc(F)cc1F)C(=O)N(C)C. The van der Waals surface area contributed by atoms with E-state index in [1.165, 1.54) is 21.9 Å². The molecular formula is C20H24F2N4O2. The molecule has 6 nitrogen and oxygen atoms in total. The zero-order chi connectivity index (χ0) is 20.4. The molecule has 0 bridgehead atoms. The summed E-state index contributed by atoms with van der Waals surface area (Å²) in [5, 5.41) is 0. The van der Waals surface area contributed by atoms with E-state index in [-0.39, 0.29) is 24.0 Å². The van der Waals surface area contributed by atoms with Crippen molar-refractivity contribution in [3.8, 4) is 0 Å². The smallest absolute Gasteiger partial charge is 0.319 e. The molecule has 3 amide bonds. The van der Waals surface area contributed by atoms with Gasteiger partial charge in [0.15, 0.2) is 0 Å². The molecule has 0 radical (unpaired) electrons. The zero-order valence-electron chi connectivity index (χ0n) is 16.2. The lowest BCUT2D eigenvalue weighted by molar-refractivity contribution is -0.134. The van der Waals surface area contributed by atoms with Gasteiger partial charge < -0.3 is 19.3 Å². The first-order valence-electron chi connectivity index (χ1n) is 9.19. The van der Waals surface area contributed by atoms with E-state index in [1.54, 1.807) is 25.9 Å². The lowest BCUT2D eigenvalue weighted by atomic mass is 9.99. The van der Waals surface area contributed by atoms with E-state index in [0.717, 1.165) is 11.8 Å². The topological polar surface area (TPSA) is 48.8 Å². The predicted octanol–water partition coefficient (Wildman–Crippen LogP) is 2.70. The van der Waals surface area contributed by atoms with E-state index in [9.17, 15) is 18.4 Å². The number of likely N-dealkylation sites (N-methyl/N-ethyl adjacent to an activating group) is 1. The summed E-state index contributed by atoms with van der Waals surface area (Å²) in [5.41, 5.74) is 0.989. The molecule has 0 saturated heterocycles. The minimum absolute atomic E-state index is 0.104. The number of benzene rings is 1. The van der Waals surface area contributed by atoms with Crippen LogP contribution < -0.4 is 0 Å². The van der Waals surface area contributed by atoms with E-state index in [2.05, 4.69) is 0 Å². The normalized spacial score (nSPS) is 15.9. The van der Waals surface area contributed by atoms with E-state index >= 15 is 0 Å². The standard InChI is InChI=1S/C20H24F2N4O2/c1-4-24(20(28)23(2)3)13-18(27)26-11-10-25-9-5-6-17(25)19(26)15-8-7-14(21)12-16(15)22/h5-9,12,19H,4,10-11,13H2,1-3H3. The van der Waals surface area contributed by atoms with Crippen LogP contribution in [-0.4, -0.2) is 64.9 Å². The van der Waals surface area contributed by atoms with Crippen molar-refractivity contribution in [3.05, 3.63) is 59.4 Å². The van der Waals surface area contributed by atoms with Crippen LogP contribution in [0, 0.1) is 11.6 Å². The molecule has 1 atom stereocenters. The third-order valence-electron chi connectivity index (χ3n) is 4.98. The predicted molar refractivity (Wildman–Crippen MR) is 101 cm³/mol. The van der Waals surface area contributed by atoms with Crippen LogP contribution in [0.5, 0.6) is 0 Å². The summed E-state index contributed by atoms with van der Waals surface area (Å²) in [6.07, 6.45) is 1.87. The average molecular weight is 390 g/mol. The zero-order valence-corrected chi connectivity index (χ0v) is 16.2. The lowest BCUT2D eigenvalue weighted by Crippen LogP contribution is -2.49. The Morgan fingerprint density at radius 3 is 2.57 bits per heavy atom. The Bertz CT molecular complexity index is 881. The molecule has 1 aromatic carbocycles. The van der Waals surface area contributed by atoms with Crippen LogP contribution in [0.15, 0.2) is 36.5 Å². The van der Waals surface area contributed by atoms with Gasteiger partial charge in [0, 0.05) is 57.3 Å². The number of carbonyl (C=O) groups is 2. The number of halogens is 2. The second-order valence-electron chi connectivity index (χ2n) is 6.97. The van der Waals surface area contributed by atoms with E-state index in [0.29, 0.717) is 19.6 Å². The molecule has 1 unspecified atom stereocenters. The monoisotopic (exact) mass is 390 g/mol. The second kappa shape index (κ2) is 8.00. The van der Waals surface area contributed by atoms with Gasteiger partial charge in [0.1, 0.15) is 24.2 Å². The molecule has 3 rings (SSSR count). The van der Waals surface area contributed by atoms with Gasteiger partial charge in [0.05, 0.1) is 0 Å². The highest BCUT2D eigenvalue weighted by Crippen LogP contribution is 2.34. The number of rotatable bonds is 4. The van der Waals surface area contributed by atoms with Crippen molar-refractivity contribution in [1.82, 2.24) is 19.3 Å². The van der Waals surface area contributed by atoms with Crippen molar-refractivity contribution in [3.63, 3.8) is 0 Å². The summed E-state index contributed by atoms with van der Waals surface area (Å²) >= 11 is 0. The summed E-state index contributed by atoms with van der Waals surface area (Å²) in [5.74, 6) is -1.65. The summed E-state index contributed by atoms with van der Waals surface area (Å²) in [6, 6.07) is 6.12. The van der Waals surface area contributed by atoms with E-state index in [4.69, 9.17) is 0 Å². The summed E-state index contributed by atoms with van der Waals surface area (Å²) in [6.45, 7) is 3.01. The summed E-state index contributed by atoms with van der Waals surface area (Å²) in [4.78, 5) is 29.8. The molecule has 2 aromatic rings. The van der Waals surface area contributed by atoms with E-state index in [1.807, 2.05) is 22.9 Å². The first kappa shape index (κ1) is 19.9.